The Kier molecular flexibility index (Phi) is 3.69. The first-order valence-electron chi connectivity index (χ1n) is 5.41. The fourth-order valence-corrected chi connectivity index (χ4v) is 2.03. The zero-order valence-electron chi connectivity index (χ0n) is 9.69. The van der Waals surface area contributed by atoms with E-state index in [1.165, 1.54) is 0 Å². The third-order valence-corrected chi connectivity index (χ3v) is 2.91. The van der Waals surface area contributed by atoms with E-state index in [2.05, 4.69) is 24.0 Å². The summed E-state index contributed by atoms with van der Waals surface area (Å²) in [6, 6.07) is 5.34. The van der Waals surface area contributed by atoms with Crippen molar-refractivity contribution in [1.29, 1.82) is 0 Å². The van der Waals surface area contributed by atoms with Gasteiger partial charge < -0.3 is 4.57 Å². The Labute approximate surface area is 110 Å². The molecule has 1 aromatic heterocycles. The Morgan fingerprint density at radius 2 is 2.06 bits per heavy atom. The van der Waals surface area contributed by atoms with Crippen LogP contribution < -0.4 is 0 Å². The largest absolute Gasteiger partial charge is 0.313 e. The van der Waals surface area contributed by atoms with Gasteiger partial charge in [0.1, 0.15) is 6.33 Å². The van der Waals surface area contributed by atoms with E-state index in [0.717, 1.165) is 17.9 Å². The summed E-state index contributed by atoms with van der Waals surface area (Å²) in [5, 5.41) is 9.32. The summed E-state index contributed by atoms with van der Waals surface area (Å²) in [7, 11) is 0. The van der Waals surface area contributed by atoms with Gasteiger partial charge >= 0.3 is 0 Å². The normalized spacial score (nSPS) is 11.1. The molecule has 3 nitrogen and oxygen atoms in total. The van der Waals surface area contributed by atoms with Crippen molar-refractivity contribution in [2.75, 3.05) is 0 Å². The SMILES string of the molecule is CC(C)Cn1cnnc1-c1cc(Cl)ccc1Cl. The molecule has 0 aliphatic carbocycles. The Morgan fingerprint density at radius 3 is 2.76 bits per heavy atom. The summed E-state index contributed by atoms with van der Waals surface area (Å²) in [5.74, 6) is 1.27. The van der Waals surface area contributed by atoms with Gasteiger partial charge in [-0.25, -0.2) is 0 Å². The van der Waals surface area contributed by atoms with Gasteiger partial charge in [-0.05, 0) is 24.1 Å². The maximum atomic E-state index is 6.16. The van der Waals surface area contributed by atoms with E-state index in [1.807, 2.05) is 10.6 Å². The molecule has 5 heteroatoms. The van der Waals surface area contributed by atoms with Crippen LogP contribution in [0, 0.1) is 5.92 Å². The molecule has 0 aliphatic heterocycles. The molecule has 0 aliphatic rings. The second kappa shape index (κ2) is 5.07. The molecule has 0 atom stereocenters. The van der Waals surface area contributed by atoms with E-state index in [9.17, 15) is 0 Å². The van der Waals surface area contributed by atoms with Gasteiger partial charge in [0.05, 0.1) is 5.02 Å². The lowest BCUT2D eigenvalue weighted by molar-refractivity contribution is 0.525. The minimum absolute atomic E-state index is 0.516. The second-order valence-electron chi connectivity index (χ2n) is 4.32. The highest BCUT2D eigenvalue weighted by Gasteiger charge is 2.12. The lowest BCUT2D eigenvalue weighted by atomic mass is 10.2. The molecule has 0 fully saturated rings. The van der Waals surface area contributed by atoms with Gasteiger partial charge in [-0.3, -0.25) is 0 Å². The monoisotopic (exact) mass is 269 g/mol. The van der Waals surface area contributed by atoms with Crippen LogP contribution in [0.3, 0.4) is 0 Å². The summed E-state index contributed by atoms with van der Waals surface area (Å²) in [6.45, 7) is 5.14. The minimum atomic E-state index is 0.516. The average Bonchev–Trinajstić information content (AvgIpc) is 2.69. The molecule has 0 unspecified atom stereocenters. The van der Waals surface area contributed by atoms with Crippen LogP contribution in [-0.4, -0.2) is 14.8 Å². The number of rotatable bonds is 3. The number of hydrogen-bond acceptors (Lipinski definition) is 2. The average molecular weight is 270 g/mol. The quantitative estimate of drug-likeness (QED) is 0.846. The van der Waals surface area contributed by atoms with Crippen LogP contribution in [-0.2, 0) is 6.54 Å². The molecule has 0 radical (unpaired) electrons. The molecular weight excluding hydrogens is 257 g/mol. The predicted molar refractivity (Wildman–Crippen MR) is 70.3 cm³/mol. The van der Waals surface area contributed by atoms with Gasteiger partial charge in [-0.2, -0.15) is 0 Å². The first-order chi connectivity index (χ1) is 8.08. The van der Waals surface area contributed by atoms with Crippen molar-refractivity contribution in [3.8, 4) is 11.4 Å². The fraction of sp³-hybridized carbons (Fsp3) is 0.333. The van der Waals surface area contributed by atoms with Gasteiger partial charge in [0.15, 0.2) is 5.82 Å². The van der Waals surface area contributed by atoms with Crippen LogP contribution in [0.15, 0.2) is 24.5 Å². The smallest absolute Gasteiger partial charge is 0.165 e. The fourth-order valence-electron chi connectivity index (χ4n) is 1.66. The second-order valence-corrected chi connectivity index (χ2v) is 5.17. The minimum Gasteiger partial charge on any atom is -0.313 e. The molecule has 2 rings (SSSR count). The molecule has 0 spiro atoms. The summed E-state index contributed by atoms with van der Waals surface area (Å²) >= 11 is 12.1. The number of hydrogen-bond donors (Lipinski definition) is 0. The molecular formula is C12H13Cl2N3. The van der Waals surface area contributed by atoms with Gasteiger partial charge in [0.25, 0.3) is 0 Å². The van der Waals surface area contributed by atoms with Crippen molar-refractivity contribution in [2.24, 2.45) is 5.92 Å². The van der Waals surface area contributed by atoms with Gasteiger partial charge in [0, 0.05) is 17.1 Å². The molecule has 1 aromatic carbocycles. The maximum Gasteiger partial charge on any atom is 0.165 e. The summed E-state index contributed by atoms with van der Waals surface area (Å²) in [5.41, 5.74) is 0.817. The zero-order valence-corrected chi connectivity index (χ0v) is 11.2. The molecule has 17 heavy (non-hydrogen) atoms. The number of benzene rings is 1. The van der Waals surface area contributed by atoms with Crippen LogP contribution in [0.25, 0.3) is 11.4 Å². The van der Waals surface area contributed by atoms with Crippen molar-refractivity contribution in [3.05, 3.63) is 34.6 Å². The van der Waals surface area contributed by atoms with Crippen LogP contribution in [0.4, 0.5) is 0 Å². The third-order valence-electron chi connectivity index (χ3n) is 2.35. The van der Waals surface area contributed by atoms with E-state index >= 15 is 0 Å². The highest BCUT2D eigenvalue weighted by atomic mass is 35.5. The summed E-state index contributed by atoms with van der Waals surface area (Å²) < 4.78 is 1.99. The van der Waals surface area contributed by atoms with Crippen molar-refractivity contribution in [1.82, 2.24) is 14.8 Å². The van der Waals surface area contributed by atoms with Crippen LogP contribution in [0.2, 0.25) is 10.0 Å². The molecule has 90 valence electrons. The third kappa shape index (κ3) is 2.79. The molecule has 1 heterocycles. The van der Waals surface area contributed by atoms with E-state index < -0.39 is 0 Å². The van der Waals surface area contributed by atoms with Gasteiger partial charge in [-0.1, -0.05) is 37.0 Å². The molecule has 0 saturated heterocycles. The Hall–Kier alpha value is -1.06. The lowest BCUT2D eigenvalue weighted by Gasteiger charge is -2.10. The van der Waals surface area contributed by atoms with E-state index in [4.69, 9.17) is 23.2 Å². The molecule has 0 amide bonds. The summed E-state index contributed by atoms with van der Waals surface area (Å²) in [4.78, 5) is 0. The lowest BCUT2D eigenvalue weighted by Crippen LogP contribution is -2.05. The summed E-state index contributed by atoms with van der Waals surface area (Å²) in [6.07, 6.45) is 1.71. The first-order valence-corrected chi connectivity index (χ1v) is 6.16. The molecule has 2 aromatic rings. The number of aromatic nitrogens is 3. The van der Waals surface area contributed by atoms with E-state index in [0.29, 0.717) is 16.0 Å². The highest BCUT2D eigenvalue weighted by Crippen LogP contribution is 2.29. The highest BCUT2D eigenvalue weighted by molar-refractivity contribution is 6.35. The van der Waals surface area contributed by atoms with Gasteiger partial charge in [-0.15, -0.1) is 10.2 Å². The Morgan fingerprint density at radius 1 is 1.29 bits per heavy atom. The van der Waals surface area contributed by atoms with E-state index in [1.54, 1.807) is 18.5 Å². The maximum absolute atomic E-state index is 6.16. The molecule has 0 N–H and O–H groups in total. The topological polar surface area (TPSA) is 30.7 Å². The van der Waals surface area contributed by atoms with Crippen molar-refractivity contribution < 1.29 is 0 Å². The Balaban J connectivity index is 2.45. The van der Waals surface area contributed by atoms with Crippen LogP contribution >= 0.6 is 23.2 Å². The van der Waals surface area contributed by atoms with Crippen molar-refractivity contribution >= 4 is 23.2 Å². The number of halogens is 2. The first kappa shape index (κ1) is 12.4. The molecule has 0 bridgehead atoms. The van der Waals surface area contributed by atoms with Crippen LogP contribution in [0.5, 0.6) is 0 Å². The number of nitrogens with zero attached hydrogens (tertiary/aromatic N) is 3. The predicted octanol–water partition coefficient (Wildman–Crippen LogP) is 3.91. The van der Waals surface area contributed by atoms with Crippen LogP contribution in [0.1, 0.15) is 13.8 Å². The standard InChI is InChI=1S/C12H13Cl2N3/c1-8(2)6-17-7-15-16-12(17)10-5-9(13)3-4-11(10)14/h3-5,7-8H,6H2,1-2H3. The Bertz CT molecular complexity index is 520. The zero-order chi connectivity index (χ0) is 12.4. The van der Waals surface area contributed by atoms with E-state index in [-0.39, 0.29) is 0 Å². The van der Waals surface area contributed by atoms with Gasteiger partial charge in [0.2, 0.25) is 0 Å². The molecule has 0 saturated carbocycles. The van der Waals surface area contributed by atoms with Crippen molar-refractivity contribution in [3.63, 3.8) is 0 Å². The van der Waals surface area contributed by atoms with Crippen molar-refractivity contribution in [2.45, 2.75) is 20.4 Å².